The fourth-order valence-electron chi connectivity index (χ4n) is 3.76. The highest BCUT2D eigenvalue weighted by molar-refractivity contribution is 7.71. The van der Waals surface area contributed by atoms with Gasteiger partial charge in [0.1, 0.15) is 5.56 Å². The maximum Gasteiger partial charge on any atom is 0.264 e. The molecule has 1 aliphatic rings. The van der Waals surface area contributed by atoms with Crippen LogP contribution in [0.2, 0.25) is 5.02 Å². The van der Waals surface area contributed by atoms with E-state index in [9.17, 15) is 9.90 Å². The van der Waals surface area contributed by atoms with Gasteiger partial charge in [-0.1, -0.05) is 54.1 Å². The Kier molecular flexibility index (Phi) is 6.65. The normalized spacial score (nSPS) is 15.5. The molecule has 1 saturated heterocycles. The number of hydrogen-bond acceptors (Lipinski definition) is 5. The number of H-pyrrole nitrogens is 1. The van der Waals surface area contributed by atoms with Crippen molar-refractivity contribution in [3.05, 3.63) is 85.9 Å². The molecule has 2 N–H and O–H groups in total. The van der Waals surface area contributed by atoms with Crippen LogP contribution >= 0.6 is 23.8 Å². The summed E-state index contributed by atoms with van der Waals surface area (Å²) in [6.45, 7) is 2.80. The number of nitrogens with zero attached hydrogens (tertiary/aromatic N) is 3. The van der Waals surface area contributed by atoms with Gasteiger partial charge in [-0.05, 0) is 42.8 Å². The average Bonchev–Trinajstić information content (AvgIpc) is 2.76. The van der Waals surface area contributed by atoms with Crippen LogP contribution in [0, 0.1) is 4.77 Å². The summed E-state index contributed by atoms with van der Waals surface area (Å²) < 4.78 is 1.42. The molecule has 0 unspecified atom stereocenters. The summed E-state index contributed by atoms with van der Waals surface area (Å²) in [6.07, 6.45) is 3.24. The van der Waals surface area contributed by atoms with Crippen molar-refractivity contribution in [3.8, 4) is 11.6 Å². The highest BCUT2D eigenvalue weighted by Gasteiger charge is 2.19. The minimum absolute atomic E-state index is 0.0697. The maximum atomic E-state index is 12.4. The Hall–Kier alpha value is -2.74. The van der Waals surface area contributed by atoms with Crippen molar-refractivity contribution in [1.29, 1.82) is 0 Å². The molecular formula is C23H23ClN4O2S. The van der Waals surface area contributed by atoms with Crippen LogP contribution in [0.3, 0.4) is 0 Å². The van der Waals surface area contributed by atoms with E-state index in [1.165, 1.54) is 16.3 Å². The van der Waals surface area contributed by atoms with E-state index in [0.717, 1.165) is 32.5 Å². The predicted octanol–water partition coefficient (Wildman–Crippen LogP) is 4.34. The highest BCUT2D eigenvalue weighted by Crippen LogP contribution is 2.25. The third-order valence-electron chi connectivity index (χ3n) is 5.43. The maximum absolute atomic E-state index is 12.4. The SMILES string of the molecule is O=c1[nH]c(=S)n(-c2ccccc2Cl)c(O)c1C=NC1CCN(Cc2ccccc2)CC1. The number of aromatic hydroxyl groups is 1. The van der Waals surface area contributed by atoms with Crippen molar-refractivity contribution in [3.63, 3.8) is 0 Å². The molecule has 3 aromatic rings. The molecule has 4 rings (SSSR count). The number of benzene rings is 2. The van der Waals surface area contributed by atoms with E-state index in [4.69, 9.17) is 23.8 Å². The monoisotopic (exact) mass is 454 g/mol. The summed E-state index contributed by atoms with van der Waals surface area (Å²) >= 11 is 11.5. The summed E-state index contributed by atoms with van der Waals surface area (Å²) in [5.41, 5.74) is 1.39. The number of nitrogens with one attached hydrogen (secondary N) is 1. The third-order valence-corrected chi connectivity index (χ3v) is 6.04. The molecule has 6 nitrogen and oxygen atoms in total. The van der Waals surface area contributed by atoms with Gasteiger partial charge in [0.2, 0.25) is 5.88 Å². The highest BCUT2D eigenvalue weighted by atomic mass is 35.5. The number of aliphatic imine (C=N–C) groups is 1. The van der Waals surface area contributed by atoms with Gasteiger partial charge < -0.3 is 5.11 Å². The molecular weight excluding hydrogens is 432 g/mol. The lowest BCUT2D eigenvalue weighted by Gasteiger charge is -2.30. The minimum Gasteiger partial charge on any atom is -0.494 e. The van der Waals surface area contributed by atoms with Gasteiger partial charge in [-0.15, -0.1) is 0 Å². The summed E-state index contributed by atoms with van der Waals surface area (Å²) in [6, 6.07) is 17.5. The van der Waals surface area contributed by atoms with Gasteiger partial charge in [-0.3, -0.25) is 24.2 Å². The molecule has 0 amide bonds. The number of aromatic nitrogens is 2. The molecule has 0 saturated carbocycles. The van der Waals surface area contributed by atoms with Crippen LogP contribution in [0.4, 0.5) is 0 Å². The Morgan fingerprint density at radius 1 is 1.13 bits per heavy atom. The molecule has 2 heterocycles. The van der Waals surface area contributed by atoms with Crippen molar-refractivity contribution < 1.29 is 5.11 Å². The number of para-hydroxylation sites is 1. The molecule has 31 heavy (non-hydrogen) atoms. The Labute approximate surface area is 190 Å². The van der Waals surface area contributed by atoms with Crippen molar-refractivity contribution in [1.82, 2.24) is 14.5 Å². The molecule has 0 bridgehead atoms. The Morgan fingerprint density at radius 2 is 1.81 bits per heavy atom. The van der Waals surface area contributed by atoms with E-state index in [2.05, 4.69) is 39.1 Å². The van der Waals surface area contributed by atoms with Gasteiger partial charge in [0.05, 0.1) is 16.8 Å². The Morgan fingerprint density at radius 3 is 2.52 bits per heavy atom. The lowest BCUT2D eigenvalue weighted by atomic mass is 10.0. The Balaban J connectivity index is 1.50. The van der Waals surface area contributed by atoms with Crippen molar-refractivity contribution in [2.45, 2.75) is 25.4 Å². The summed E-state index contributed by atoms with van der Waals surface area (Å²) in [5.74, 6) is -0.271. The second kappa shape index (κ2) is 9.60. The van der Waals surface area contributed by atoms with Gasteiger partial charge in [0.15, 0.2) is 4.77 Å². The van der Waals surface area contributed by atoms with Crippen LogP contribution in [0.1, 0.15) is 24.0 Å². The van der Waals surface area contributed by atoms with E-state index in [0.29, 0.717) is 10.7 Å². The number of aromatic amines is 1. The Bertz CT molecular complexity index is 1200. The van der Waals surface area contributed by atoms with E-state index in [1.807, 2.05) is 6.07 Å². The first-order valence-corrected chi connectivity index (χ1v) is 10.9. The summed E-state index contributed by atoms with van der Waals surface area (Å²) in [5, 5.41) is 11.2. The van der Waals surface area contributed by atoms with Gasteiger partial charge in [0, 0.05) is 25.8 Å². The van der Waals surface area contributed by atoms with Gasteiger partial charge in [-0.2, -0.15) is 0 Å². The van der Waals surface area contributed by atoms with Gasteiger partial charge in [-0.25, -0.2) is 0 Å². The molecule has 160 valence electrons. The number of piperidine rings is 1. The predicted molar refractivity (Wildman–Crippen MR) is 126 cm³/mol. The van der Waals surface area contributed by atoms with Crippen molar-refractivity contribution in [2.24, 2.45) is 4.99 Å². The molecule has 1 aliphatic heterocycles. The number of hydrogen-bond donors (Lipinski definition) is 2. The zero-order chi connectivity index (χ0) is 21.8. The molecule has 0 atom stereocenters. The number of halogens is 1. The van der Waals surface area contributed by atoms with Crippen LogP contribution < -0.4 is 5.56 Å². The largest absolute Gasteiger partial charge is 0.494 e. The van der Waals surface area contributed by atoms with Gasteiger partial charge in [0.25, 0.3) is 5.56 Å². The summed E-state index contributed by atoms with van der Waals surface area (Å²) in [4.78, 5) is 22.0. The average molecular weight is 455 g/mol. The quantitative estimate of drug-likeness (QED) is 0.444. The van der Waals surface area contributed by atoms with Crippen LogP contribution in [0.5, 0.6) is 5.88 Å². The fraction of sp³-hybridized carbons (Fsp3) is 0.261. The third kappa shape index (κ3) is 4.95. The second-order valence-corrected chi connectivity index (χ2v) is 8.35. The van der Waals surface area contributed by atoms with Crippen molar-refractivity contribution in [2.75, 3.05) is 13.1 Å². The van der Waals surface area contributed by atoms with Crippen LogP contribution in [-0.4, -0.2) is 44.9 Å². The zero-order valence-corrected chi connectivity index (χ0v) is 18.4. The summed E-state index contributed by atoms with van der Waals surface area (Å²) in [7, 11) is 0. The second-order valence-electron chi connectivity index (χ2n) is 7.55. The molecule has 1 aromatic heterocycles. The van der Waals surface area contributed by atoms with E-state index < -0.39 is 5.56 Å². The topological polar surface area (TPSA) is 73.6 Å². The minimum atomic E-state index is -0.476. The van der Waals surface area contributed by atoms with Gasteiger partial charge >= 0.3 is 0 Å². The first-order valence-electron chi connectivity index (χ1n) is 10.2. The molecule has 0 radical (unpaired) electrons. The van der Waals surface area contributed by atoms with Crippen molar-refractivity contribution >= 4 is 30.0 Å². The molecule has 2 aromatic carbocycles. The van der Waals surface area contributed by atoms with Crippen LogP contribution in [0.25, 0.3) is 5.69 Å². The first kappa shape index (κ1) is 21.5. The lowest BCUT2D eigenvalue weighted by molar-refractivity contribution is 0.206. The molecule has 8 heteroatoms. The first-order chi connectivity index (χ1) is 15.0. The number of likely N-dealkylation sites (tertiary alicyclic amines) is 1. The van der Waals surface area contributed by atoms with E-state index in [-0.39, 0.29) is 22.3 Å². The number of rotatable bonds is 5. The fourth-order valence-corrected chi connectivity index (χ4v) is 4.26. The lowest BCUT2D eigenvalue weighted by Crippen LogP contribution is -2.34. The molecule has 0 spiro atoms. The molecule has 0 aliphatic carbocycles. The smallest absolute Gasteiger partial charge is 0.264 e. The van der Waals surface area contributed by atoms with Crippen LogP contribution in [0.15, 0.2) is 64.4 Å². The van der Waals surface area contributed by atoms with E-state index >= 15 is 0 Å². The van der Waals surface area contributed by atoms with Crippen LogP contribution in [-0.2, 0) is 6.54 Å². The molecule has 1 fully saturated rings. The zero-order valence-electron chi connectivity index (χ0n) is 16.9. The van der Waals surface area contributed by atoms with E-state index in [1.54, 1.807) is 24.3 Å². The standard InChI is InChI=1S/C23H23ClN4O2S/c24-19-8-4-5-9-20(19)28-22(30)18(21(29)26-23(28)31)14-25-17-10-12-27(13-11-17)15-16-6-2-1-3-7-16/h1-9,14,17,30H,10-13,15H2,(H,26,29,31).